The van der Waals surface area contributed by atoms with Crippen LogP contribution in [-0.2, 0) is 0 Å². The van der Waals surface area contributed by atoms with Crippen molar-refractivity contribution in [1.29, 1.82) is 0 Å². The number of rotatable bonds is 7. The number of benzene rings is 2. The Morgan fingerprint density at radius 2 is 1.32 bits per heavy atom. The lowest BCUT2D eigenvalue weighted by Crippen LogP contribution is -2.24. The molecule has 28 heavy (non-hydrogen) atoms. The van der Waals surface area contributed by atoms with Crippen molar-refractivity contribution < 1.29 is 29.3 Å². The van der Waals surface area contributed by atoms with Gasteiger partial charge in [0.2, 0.25) is 0 Å². The Morgan fingerprint density at radius 1 is 0.857 bits per heavy atom. The van der Waals surface area contributed by atoms with Gasteiger partial charge in [0.25, 0.3) is 0 Å². The molecule has 0 radical (unpaired) electrons. The number of hydrogen-bond acceptors (Lipinski definition) is 4. The zero-order chi connectivity index (χ0) is 21.2. The summed E-state index contributed by atoms with van der Waals surface area (Å²) in [6.45, 7) is 8.27. The first kappa shape index (κ1) is 23.0. The number of hydrogen-bond donors (Lipinski definition) is 2. The van der Waals surface area contributed by atoms with E-state index in [9.17, 15) is 9.59 Å². The average Bonchev–Trinajstić information content (AvgIpc) is 2.61. The number of carbonyl (C=O) groups is 2. The number of ether oxygens (including phenoxy) is 2. The average molecular weight is 388 g/mol. The number of unbranched alkanes of at least 4 members (excludes halogenated alkanes) is 1. The van der Waals surface area contributed by atoms with Crippen LogP contribution in [-0.4, -0.2) is 34.4 Å². The van der Waals surface area contributed by atoms with Crippen LogP contribution in [0.5, 0.6) is 11.5 Å². The molecule has 0 aliphatic carbocycles. The largest absolute Gasteiger partial charge is 0.493 e. The van der Waals surface area contributed by atoms with Gasteiger partial charge < -0.3 is 19.7 Å². The molecule has 0 aliphatic heterocycles. The summed E-state index contributed by atoms with van der Waals surface area (Å²) < 4.78 is 10.9. The van der Waals surface area contributed by atoms with Crippen molar-refractivity contribution in [3.63, 3.8) is 0 Å². The number of para-hydroxylation sites is 2. The third-order valence-corrected chi connectivity index (χ3v) is 3.41. The van der Waals surface area contributed by atoms with Crippen LogP contribution in [0, 0.1) is 0 Å². The van der Waals surface area contributed by atoms with Crippen LogP contribution in [0.25, 0.3) is 0 Å². The molecular formula is C22H28O6. The molecule has 0 saturated heterocycles. The van der Waals surface area contributed by atoms with Gasteiger partial charge in [0, 0.05) is 0 Å². The highest BCUT2D eigenvalue weighted by molar-refractivity contribution is 5.91. The molecular weight excluding hydrogens is 360 g/mol. The molecule has 2 aromatic rings. The number of aromatic carboxylic acids is 2. The Labute approximate surface area is 165 Å². The lowest BCUT2D eigenvalue weighted by molar-refractivity contribution is 0.0673. The molecule has 0 amide bonds. The van der Waals surface area contributed by atoms with Crippen molar-refractivity contribution in [3.8, 4) is 11.5 Å². The highest BCUT2D eigenvalue weighted by Crippen LogP contribution is 2.22. The van der Waals surface area contributed by atoms with Gasteiger partial charge in [0.05, 0.1) is 6.61 Å². The Kier molecular flexibility index (Phi) is 9.02. The lowest BCUT2D eigenvalue weighted by atomic mass is 10.1. The molecule has 6 heteroatoms. The van der Waals surface area contributed by atoms with Gasteiger partial charge in [0.1, 0.15) is 28.2 Å². The third kappa shape index (κ3) is 8.12. The molecule has 0 aromatic heterocycles. The van der Waals surface area contributed by atoms with Crippen LogP contribution in [0.2, 0.25) is 0 Å². The fourth-order valence-corrected chi connectivity index (χ4v) is 2.16. The van der Waals surface area contributed by atoms with Crippen molar-refractivity contribution in [2.45, 2.75) is 46.1 Å². The van der Waals surface area contributed by atoms with Crippen LogP contribution < -0.4 is 9.47 Å². The zero-order valence-corrected chi connectivity index (χ0v) is 16.8. The van der Waals surface area contributed by atoms with Crippen molar-refractivity contribution in [2.75, 3.05) is 6.61 Å². The molecule has 0 bridgehead atoms. The third-order valence-electron chi connectivity index (χ3n) is 3.41. The molecule has 0 saturated carbocycles. The van der Waals surface area contributed by atoms with Crippen molar-refractivity contribution in [2.24, 2.45) is 0 Å². The minimum atomic E-state index is -0.968. The zero-order valence-electron chi connectivity index (χ0n) is 16.8. The predicted molar refractivity (Wildman–Crippen MR) is 108 cm³/mol. The van der Waals surface area contributed by atoms with E-state index in [-0.39, 0.29) is 16.7 Å². The van der Waals surface area contributed by atoms with Crippen molar-refractivity contribution in [3.05, 3.63) is 59.7 Å². The highest BCUT2D eigenvalue weighted by atomic mass is 16.5. The maximum atomic E-state index is 10.8. The summed E-state index contributed by atoms with van der Waals surface area (Å²) in [5, 5.41) is 17.7. The van der Waals surface area contributed by atoms with Gasteiger partial charge >= 0.3 is 11.9 Å². The fraction of sp³-hybridized carbons (Fsp3) is 0.364. The van der Waals surface area contributed by atoms with E-state index < -0.39 is 11.9 Å². The van der Waals surface area contributed by atoms with Crippen LogP contribution in [0.1, 0.15) is 61.3 Å². The van der Waals surface area contributed by atoms with Crippen molar-refractivity contribution >= 4 is 11.9 Å². The Balaban J connectivity index is 0.000000280. The molecule has 6 nitrogen and oxygen atoms in total. The van der Waals surface area contributed by atoms with Gasteiger partial charge in [0.15, 0.2) is 0 Å². The minimum Gasteiger partial charge on any atom is -0.493 e. The molecule has 0 fully saturated rings. The summed E-state index contributed by atoms with van der Waals surface area (Å²) in [6.07, 6.45) is 1.98. The number of carboxylic acid groups (broad SMARTS) is 2. The van der Waals surface area contributed by atoms with Gasteiger partial charge in [-0.25, -0.2) is 9.59 Å². The molecule has 0 aliphatic rings. The monoisotopic (exact) mass is 388 g/mol. The van der Waals surface area contributed by atoms with E-state index in [1.165, 1.54) is 6.07 Å². The second-order valence-corrected chi connectivity index (χ2v) is 7.02. The summed E-state index contributed by atoms with van der Waals surface area (Å²) in [5.74, 6) is -1.05. The van der Waals surface area contributed by atoms with Gasteiger partial charge in [-0.3, -0.25) is 0 Å². The van der Waals surface area contributed by atoms with Gasteiger partial charge in [-0.2, -0.15) is 0 Å². The summed E-state index contributed by atoms with van der Waals surface area (Å²) in [5.41, 5.74) is 0.0389. The van der Waals surface area contributed by atoms with E-state index in [1.54, 1.807) is 42.5 Å². The SMILES string of the molecule is CC(C)(C)Oc1ccccc1C(=O)O.CCCCOc1ccccc1C(=O)O. The summed E-state index contributed by atoms with van der Waals surface area (Å²) in [6, 6.07) is 13.3. The maximum Gasteiger partial charge on any atom is 0.339 e. The quantitative estimate of drug-likeness (QED) is 0.639. The molecule has 0 atom stereocenters. The predicted octanol–water partition coefficient (Wildman–Crippen LogP) is 5.13. The van der Waals surface area contributed by atoms with Crippen LogP contribution in [0.15, 0.2) is 48.5 Å². The van der Waals surface area contributed by atoms with Gasteiger partial charge in [-0.1, -0.05) is 37.6 Å². The lowest BCUT2D eigenvalue weighted by Gasteiger charge is -2.22. The van der Waals surface area contributed by atoms with E-state index in [1.807, 2.05) is 20.8 Å². The van der Waals surface area contributed by atoms with E-state index >= 15 is 0 Å². The minimum absolute atomic E-state index is 0.197. The first-order chi connectivity index (χ1) is 13.2. The smallest absolute Gasteiger partial charge is 0.339 e. The molecule has 0 spiro atoms. The number of carboxylic acids is 2. The van der Waals surface area contributed by atoms with E-state index in [2.05, 4.69) is 6.92 Å². The van der Waals surface area contributed by atoms with E-state index in [0.29, 0.717) is 18.1 Å². The molecule has 2 aromatic carbocycles. The normalized spacial score (nSPS) is 10.4. The fourth-order valence-electron chi connectivity index (χ4n) is 2.16. The molecule has 0 unspecified atom stereocenters. The molecule has 0 heterocycles. The summed E-state index contributed by atoms with van der Waals surface area (Å²) >= 11 is 0. The van der Waals surface area contributed by atoms with E-state index in [4.69, 9.17) is 19.7 Å². The van der Waals surface area contributed by atoms with Crippen LogP contribution >= 0.6 is 0 Å². The Hall–Kier alpha value is -3.02. The van der Waals surface area contributed by atoms with Crippen LogP contribution in [0.3, 0.4) is 0 Å². The Bertz CT molecular complexity index is 777. The molecule has 2 rings (SSSR count). The van der Waals surface area contributed by atoms with Crippen molar-refractivity contribution in [1.82, 2.24) is 0 Å². The second kappa shape index (κ2) is 11.0. The summed E-state index contributed by atoms with van der Waals surface area (Å²) in [4.78, 5) is 21.6. The molecule has 2 N–H and O–H groups in total. The highest BCUT2D eigenvalue weighted by Gasteiger charge is 2.17. The van der Waals surface area contributed by atoms with Gasteiger partial charge in [-0.05, 0) is 51.5 Å². The van der Waals surface area contributed by atoms with Crippen LogP contribution in [0.4, 0.5) is 0 Å². The second-order valence-electron chi connectivity index (χ2n) is 7.02. The summed E-state index contributed by atoms with van der Waals surface area (Å²) in [7, 11) is 0. The topological polar surface area (TPSA) is 93.1 Å². The molecule has 152 valence electrons. The van der Waals surface area contributed by atoms with Gasteiger partial charge in [-0.15, -0.1) is 0 Å². The standard InChI is InChI=1S/2C11H14O3/c1-11(2,3)14-9-7-5-4-6-8(9)10(12)13;1-2-3-8-14-10-7-5-4-6-9(10)11(12)13/h4-7H,1-3H3,(H,12,13);4-7H,2-3,8H2,1H3,(H,12,13). The first-order valence-electron chi connectivity index (χ1n) is 9.12. The maximum absolute atomic E-state index is 10.8. The van der Waals surface area contributed by atoms with E-state index in [0.717, 1.165) is 12.8 Å². The first-order valence-corrected chi connectivity index (χ1v) is 9.12. The Morgan fingerprint density at radius 3 is 1.79 bits per heavy atom.